The van der Waals surface area contributed by atoms with Gasteiger partial charge in [0.05, 0.1) is 26.5 Å². The van der Waals surface area contributed by atoms with Crippen LogP contribution in [0, 0.1) is 0 Å². The van der Waals surface area contributed by atoms with Gasteiger partial charge in [-0.15, -0.1) is 0 Å². The zero-order valence-corrected chi connectivity index (χ0v) is 13.4. The lowest BCUT2D eigenvalue weighted by molar-refractivity contribution is 0.311. The van der Waals surface area contributed by atoms with Gasteiger partial charge in [0.2, 0.25) is 0 Å². The van der Waals surface area contributed by atoms with Gasteiger partial charge in [0, 0.05) is 5.02 Å². The van der Waals surface area contributed by atoms with Crippen molar-refractivity contribution in [3.05, 3.63) is 58.6 Å². The monoisotopic (exact) mass is 318 g/mol. The second-order valence-electron chi connectivity index (χ2n) is 4.56. The quantitative estimate of drug-likeness (QED) is 0.622. The molecule has 116 valence electrons. The Hall–Kier alpha value is -2.20. The van der Waals surface area contributed by atoms with Gasteiger partial charge < -0.3 is 14.9 Å². The minimum atomic E-state index is 0.589. The van der Waals surface area contributed by atoms with Crippen molar-refractivity contribution in [3.8, 4) is 11.5 Å². The number of hydrogen-bond donors (Lipinski definition) is 1. The van der Waals surface area contributed by atoms with Crippen LogP contribution in [0.4, 0.5) is 0 Å². The summed E-state index contributed by atoms with van der Waals surface area (Å²) in [6, 6.07) is 13.3. The van der Waals surface area contributed by atoms with E-state index in [0.29, 0.717) is 24.7 Å². The number of rotatable bonds is 7. The van der Waals surface area contributed by atoms with Crippen molar-refractivity contribution < 1.29 is 9.47 Å². The van der Waals surface area contributed by atoms with Gasteiger partial charge >= 0.3 is 0 Å². The standard InChI is InChI=1S/C17H19ClN2O2/c1-3-22-17-10-14(6-9-16(17)21-2)12-20-19-11-13-4-7-15(18)8-5-13/h4-10,12,19H,3,11H2,1-2H3/b20-12-. The van der Waals surface area contributed by atoms with Crippen molar-refractivity contribution in [2.75, 3.05) is 13.7 Å². The number of methoxy groups -OCH3 is 1. The van der Waals surface area contributed by atoms with Crippen LogP contribution in [0.2, 0.25) is 5.02 Å². The number of hydrogen-bond acceptors (Lipinski definition) is 4. The van der Waals surface area contributed by atoms with E-state index in [1.165, 1.54) is 0 Å². The van der Waals surface area contributed by atoms with Crippen molar-refractivity contribution >= 4 is 17.8 Å². The average molecular weight is 319 g/mol. The van der Waals surface area contributed by atoms with E-state index >= 15 is 0 Å². The van der Waals surface area contributed by atoms with Gasteiger partial charge in [-0.3, -0.25) is 0 Å². The summed E-state index contributed by atoms with van der Waals surface area (Å²) in [5.74, 6) is 1.43. The lowest BCUT2D eigenvalue weighted by Gasteiger charge is -2.09. The van der Waals surface area contributed by atoms with Crippen molar-refractivity contribution in [1.29, 1.82) is 0 Å². The average Bonchev–Trinajstić information content (AvgIpc) is 2.54. The van der Waals surface area contributed by atoms with E-state index < -0.39 is 0 Å². The summed E-state index contributed by atoms with van der Waals surface area (Å²) in [5.41, 5.74) is 5.06. The number of hydrazone groups is 1. The third kappa shape index (κ3) is 4.67. The van der Waals surface area contributed by atoms with Crippen LogP contribution in [0.1, 0.15) is 18.1 Å². The second-order valence-corrected chi connectivity index (χ2v) is 5.00. The first kappa shape index (κ1) is 16.2. The molecule has 0 spiro atoms. The molecule has 0 aliphatic carbocycles. The van der Waals surface area contributed by atoms with Gasteiger partial charge in [0.1, 0.15) is 0 Å². The molecule has 0 heterocycles. The van der Waals surface area contributed by atoms with E-state index in [-0.39, 0.29) is 0 Å². The first-order valence-electron chi connectivity index (χ1n) is 7.04. The molecule has 0 saturated carbocycles. The van der Waals surface area contributed by atoms with Crippen LogP contribution in [0.5, 0.6) is 11.5 Å². The highest BCUT2D eigenvalue weighted by atomic mass is 35.5. The first-order chi connectivity index (χ1) is 10.7. The van der Waals surface area contributed by atoms with Crippen LogP contribution in [0.25, 0.3) is 0 Å². The maximum absolute atomic E-state index is 5.85. The molecule has 4 nitrogen and oxygen atoms in total. The lowest BCUT2D eigenvalue weighted by atomic mass is 10.2. The highest BCUT2D eigenvalue weighted by Gasteiger charge is 2.03. The number of nitrogens with one attached hydrogen (secondary N) is 1. The Morgan fingerprint density at radius 2 is 1.91 bits per heavy atom. The SMILES string of the molecule is CCOc1cc(/C=N\NCc2ccc(Cl)cc2)ccc1OC. The zero-order chi connectivity index (χ0) is 15.8. The van der Waals surface area contributed by atoms with Gasteiger partial charge in [-0.05, 0) is 48.4 Å². The Kier molecular flexibility index (Phi) is 6.10. The molecule has 22 heavy (non-hydrogen) atoms. The third-order valence-corrected chi connectivity index (χ3v) is 3.24. The molecule has 0 aliphatic rings. The molecule has 1 N–H and O–H groups in total. The molecule has 0 aliphatic heterocycles. The maximum Gasteiger partial charge on any atom is 0.161 e. The fourth-order valence-corrected chi connectivity index (χ4v) is 2.03. The van der Waals surface area contributed by atoms with Crippen molar-refractivity contribution in [2.24, 2.45) is 5.10 Å². The van der Waals surface area contributed by atoms with E-state index in [1.807, 2.05) is 49.4 Å². The van der Waals surface area contributed by atoms with Gasteiger partial charge in [-0.25, -0.2) is 0 Å². The Labute approximate surface area is 135 Å². The molecule has 2 aromatic rings. The van der Waals surface area contributed by atoms with Crippen LogP contribution >= 0.6 is 11.6 Å². The molecule has 5 heteroatoms. The van der Waals surface area contributed by atoms with Crippen LogP contribution in [0.3, 0.4) is 0 Å². The van der Waals surface area contributed by atoms with Crippen LogP contribution < -0.4 is 14.9 Å². The van der Waals surface area contributed by atoms with E-state index in [9.17, 15) is 0 Å². The molecular formula is C17H19ClN2O2. The van der Waals surface area contributed by atoms with Gasteiger partial charge in [-0.1, -0.05) is 23.7 Å². The fourth-order valence-electron chi connectivity index (χ4n) is 1.90. The van der Waals surface area contributed by atoms with E-state index in [2.05, 4.69) is 10.5 Å². The molecule has 0 atom stereocenters. The van der Waals surface area contributed by atoms with Crippen LogP contribution in [-0.2, 0) is 6.54 Å². The summed E-state index contributed by atoms with van der Waals surface area (Å²) in [5, 5.41) is 4.94. The Morgan fingerprint density at radius 3 is 2.59 bits per heavy atom. The number of nitrogens with zero attached hydrogens (tertiary/aromatic N) is 1. The maximum atomic E-state index is 5.85. The highest BCUT2D eigenvalue weighted by molar-refractivity contribution is 6.30. The summed E-state index contributed by atoms with van der Waals surface area (Å²) < 4.78 is 10.8. The van der Waals surface area contributed by atoms with E-state index in [0.717, 1.165) is 16.1 Å². The zero-order valence-electron chi connectivity index (χ0n) is 12.7. The molecule has 2 rings (SSSR count). The highest BCUT2D eigenvalue weighted by Crippen LogP contribution is 2.27. The second kappa shape index (κ2) is 8.29. The van der Waals surface area contributed by atoms with Crippen LogP contribution in [-0.4, -0.2) is 19.9 Å². The summed E-state index contributed by atoms with van der Waals surface area (Å²) in [6.45, 7) is 3.17. The molecule has 2 aromatic carbocycles. The largest absolute Gasteiger partial charge is 0.493 e. The number of ether oxygens (including phenoxy) is 2. The number of halogens is 1. The van der Waals surface area contributed by atoms with E-state index in [4.69, 9.17) is 21.1 Å². The number of benzene rings is 2. The Balaban J connectivity index is 1.94. The van der Waals surface area contributed by atoms with Crippen molar-refractivity contribution in [1.82, 2.24) is 5.43 Å². The van der Waals surface area contributed by atoms with E-state index in [1.54, 1.807) is 13.3 Å². The molecule has 0 amide bonds. The van der Waals surface area contributed by atoms with Crippen molar-refractivity contribution in [2.45, 2.75) is 13.5 Å². The van der Waals surface area contributed by atoms with Crippen LogP contribution in [0.15, 0.2) is 47.6 Å². The normalized spacial score (nSPS) is 10.7. The molecule has 0 radical (unpaired) electrons. The smallest absolute Gasteiger partial charge is 0.161 e. The summed E-state index contributed by atoms with van der Waals surface area (Å²) in [4.78, 5) is 0. The Bertz CT molecular complexity index is 627. The Morgan fingerprint density at radius 1 is 1.14 bits per heavy atom. The third-order valence-electron chi connectivity index (χ3n) is 2.99. The molecule has 0 unspecified atom stereocenters. The molecule has 0 fully saturated rings. The topological polar surface area (TPSA) is 42.8 Å². The molecule has 0 saturated heterocycles. The lowest BCUT2D eigenvalue weighted by Crippen LogP contribution is -2.05. The first-order valence-corrected chi connectivity index (χ1v) is 7.42. The van der Waals surface area contributed by atoms with Gasteiger partial charge in [-0.2, -0.15) is 5.10 Å². The fraction of sp³-hybridized carbons (Fsp3) is 0.235. The van der Waals surface area contributed by atoms with Gasteiger partial charge in [0.25, 0.3) is 0 Å². The minimum Gasteiger partial charge on any atom is -0.493 e. The summed E-state index contributed by atoms with van der Waals surface area (Å²) in [6.07, 6.45) is 1.75. The summed E-state index contributed by atoms with van der Waals surface area (Å²) in [7, 11) is 1.62. The molecular weight excluding hydrogens is 300 g/mol. The molecule has 0 aromatic heterocycles. The van der Waals surface area contributed by atoms with Crippen molar-refractivity contribution in [3.63, 3.8) is 0 Å². The predicted octanol–water partition coefficient (Wildman–Crippen LogP) is 3.87. The summed E-state index contributed by atoms with van der Waals surface area (Å²) >= 11 is 5.85. The predicted molar refractivity (Wildman–Crippen MR) is 90.0 cm³/mol. The molecule has 0 bridgehead atoms. The minimum absolute atomic E-state index is 0.589. The van der Waals surface area contributed by atoms with Gasteiger partial charge in [0.15, 0.2) is 11.5 Å².